The van der Waals surface area contributed by atoms with Crippen LogP contribution in [0.2, 0.25) is 0 Å². The smallest absolute Gasteiger partial charge is 0.121 e. The van der Waals surface area contributed by atoms with Gasteiger partial charge in [0.2, 0.25) is 0 Å². The number of hydrogen-bond acceptors (Lipinski definition) is 3. The van der Waals surface area contributed by atoms with E-state index < -0.39 is 0 Å². The van der Waals surface area contributed by atoms with Crippen molar-refractivity contribution >= 4 is 0 Å². The molecule has 84 valence electrons. The molecule has 0 spiro atoms. The summed E-state index contributed by atoms with van der Waals surface area (Å²) in [6.07, 6.45) is 12.4. The van der Waals surface area contributed by atoms with Crippen molar-refractivity contribution < 1.29 is 14.2 Å². The third-order valence-corrected chi connectivity index (χ3v) is 2.65. The summed E-state index contributed by atoms with van der Waals surface area (Å²) in [6.45, 7) is 1.35. The van der Waals surface area contributed by atoms with Gasteiger partial charge in [-0.15, -0.1) is 0 Å². The molecule has 2 rings (SSSR count). The van der Waals surface area contributed by atoms with Gasteiger partial charge in [0.25, 0.3) is 0 Å². The van der Waals surface area contributed by atoms with E-state index in [1.165, 1.54) is 0 Å². The van der Waals surface area contributed by atoms with E-state index in [9.17, 15) is 0 Å². The Morgan fingerprint density at radius 2 is 1.47 bits per heavy atom. The summed E-state index contributed by atoms with van der Waals surface area (Å²) in [5.41, 5.74) is 0. The highest BCUT2D eigenvalue weighted by Crippen LogP contribution is 2.13. The summed E-state index contributed by atoms with van der Waals surface area (Å²) in [5, 5.41) is 0. The lowest BCUT2D eigenvalue weighted by Gasteiger charge is -2.22. The van der Waals surface area contributed by atoms with Crippen LogP contribution in [0.1, 0.15) is 25.7 Å². The monoisotopic (exact) mass is 210 g/mol. The molecule has 2 atom stereocenters. The van der Waals surface area contributed by atoms with Crippen LogP contribution in [0.4, 0.5) is 0 Å². The zero-order valence-electron chi connectivity index (χ0n) is 8.93. The predicted octanol–water partition coefficient (Wildman–Crippen LogP) is 2.39. The molecule has 0 fully saturated rings. The Bertz CT molecular complexity index is 211. The van der Waals surface area contributed by atoms with E-state index in [1.54, 1.807) is 12.5 Å². The van der Waals surface area contributed by atoms with Crippen molar-refractivity contribution in [3.63, 3.8) is 0 Å². The molecule has 2 aliphatic heterocycles. The lowest BCUT2D eigenvalue weighted by Crippen LogP contribution is -2.25. The predicted molar refractivity (Wildman–Crippen MR) is 57.3 cm³/mol. The van der Waals surface area contributed by atoms with E-state index in [1.807, 2.05) is 12.2 Å². The second-order valence-corrected chi connectivity index (χ2v) is 3.95. The minimum atomic E-state index is 0.231. The summed E-state index contributed by atoms with van der Waals surface area (Å²) >= 11 is 0. The maximum Gasteiger partial charge on any atom is 0.121 e. The molecule has 0 saturated carbocycles. The zero-order valence-corrected chi connectivity index (χ0v) is 8.93. The molecule has 15 heavy (non-hydrogen) atoms. The van der Waals surface area contributed by atoms with Crippen molar-refractivity contribution in [2.75, 3.05) is 13.2 Å². The molecule has 3 nitrogen and oxygen atoms in total. The van der Waals surface area contributed by atoms with Gasteiger partial charge in [-0.3, -0.25) is 0 Å². The molecule has 0 aliphatic carbocycles. The van der Waals surface area contributed by atoms with E-state index in [-0.39, 0.29) is 12.2 Å². The van der Waals surface area contributed by atoms with Gasteiger partial charge in [0.15, 0.2) is 0 Å². The van der Waals surface area contributed by atoms with Crippen LogP contribution in [0.15, 0.2) is 24.7 Å². The minimum absolute atomic E-state index is 0.231. The van der Waals surface area contributed by atoms with Gasteiger partial charge in [0.1, 0.15) is 12.2 Å². The van der Waals surface area contributed by atoms with Crippen LogP contribution in [-0.2, 0) is 14.2 Å². The topological polar surface area (TPSA) is 27.7 Å². The van der Waals surface area contributed by atoms with Crippen molar-refractivity contribution in [2.24, 2.45) is 0 Å². The first-order valence-electron chi connectivity index (χ1n) is 5.64. The van der Waals surface area contributed by atoms with E-state index in [0.29, 0.717) is 13.2 Å². The fourth-order valence-corrected chi connectivity index (χ4v) is 1.75. The summed E-state index contributed by atoms with van der Waals surface area (Å²) in [4.78, 5) is 0. The van der Waals surface area contributed by atoms with Crippen LogP contribution in [0, 0.1) is 0 Å². The molecule has 3 heteroatoms. The second kappa shape index (κ2) is 5.81. The van der Waals surface area contributed by atoms with Crippen molar-refractivity contribution in [1.29, 1.82) is 0 Å². The van der Waals surface area contributed by atoms with Gasteiger partial charge < -0.3 is 14.2 Å². The Morgan fingerprint density at radius 1 is 0.933 bits per heavy atom. The number of ether oxygens (including phenoxy) is 3. The average molecular weight is 210 g/mol. The molecular formula is C12H18O3. The SMILES string of the molecule is C1=COC(COCC2CCC=CO2)CC1. The summed E-state index contributed by atoms with van der Waals surface area (Å²) < 4.78 is 16.4. The van der Waals surface area contributed by atoms with Gasteiger partial charge in [-0.2, -0.15) is 0 Å². The third-order valence-electron chi connectivity index (χ3n) is 2.65. The van der Waals surface area contributed by atoms with Gasteiger partial charge >= 0.3 is 0 Å². The van der Waals surface area contributed by atoms with Crippen LogP contribution in [0.5, 0.6) is 0 Å². The molecule has 0 aromatic carbocycles. The van der Waals surface area contributed by atoms with Gasteiger partial charge in [0, 0.05) is 0 Å². The molecule has 0 aromatic rings. The lowest BCUT2D eigenvalue weighted by atomic mass is 10.1. The molecule has 2 heterocycles. The number of hydrogen-bond donors (Lipinski definition) is 0. The molecule has 0 bridgehead atoms. The van der Waals surface area contributed by atoms with E-state index in [4.69, 9.17) is 14.2 Å². The maximum atomic E-state index is 5.59. The number of allylic oxidation sites excluding steroid dienone is 2. The highest BCUT2D eigenvalue weighted by Gasteiger charge is 2.14. The van der Waals surface area contributed by atoms with Crippen molar-refractivity contribution in [1.82, 2.24) is 0 Å². The molecule has 0 amide bonds. The molecule has 0 radical (unpaired) electrons. The Morgan fingerprint density at radius 3 is 1.87 bits per heavy atom. The Kier molecular flexibility index (Phi) is 4.09. The maximum absolute atomic E-state index is 5.59. The largest absolute Gasteiger partial charge is 0.496 e. The quantitative estimate of drug-likeness (QED) is 0.713. The fourth-order valence-electron chi connectivity index (χ4n) is 1.75. The molecular weight excluding hydrogens is 192 g/mol. The first kappa shape index (κ1) is 10.6. The van der Waals surface area contributed by atoms with Gasteiger partial charge in [-0.25, -0.2) is 0 Å². The fraction of sp³-hybridized carbons (Fsp3) is 0.667. The molecule has 2 aliphatic rings. The first-order chi connectivity index (χ1) is 7.45. The number of rotatable bonds is 4. The normalized spacial score (nSPS) is 29.6. The molecule has 0 saturated heterocycles. The average Bonchev–Trinajstić information content (AvgIpc) is 2.32. The van der Waals surface area contributed by atoms with Crippen LogP contribution in [0.3, 0.4) is 0 Å². The van der Waals surface area contributed by atoms with Crippen LogP contribution in [0.25, 0.3) is 0 Å². The summed E-state index contributed by atoms with van der Waals surface area (Å²) in [6, 6.07) is 0. The Balaban J connectivity index is 1.57. The zero-order chi connectivity index (χ0) is 10.3. The van der Waals surface area contributed by atoms with Crippen molar-refractivity contribution in [3.05, 3.63) is 24.7 Å². The highest BCUT2D eigenvalue weighted by molar-refractivity contribution is 4.83. The summed E-state index contributed by atoms with van der Waals surface area (Å²) in [7, 11) is 0. The lowest BCUT2D eigenvalue weighted by molar-refractivity contribution is -0.0257. The van der Waals surface area contributed by atoms with Crippen LogP contribution < -0.4 is 0 Å². The molecule has 2 unspecified atom stereocenters. The van der Waals surface area contributed by atoms with E-state index in [2.05, 4.69) is 0 Å². The Hall–Kier alpha value is -0.960. The first-order valence-corrected chi connectivity index (χ1v) is 5.64. The van der Waals surface area contributed by atoms with E-state index in [0.717, 1.165) is 25.7 Å². The van der Waals surface area contributed by atoms with Gasteiger partial charge in [0.05, 0.1) is 25.7 Å². The van der Waals surface area contributed by atoms with Crippen molar-refractivity contribution in [3.8, 4) is 0 Å². The van der Waals surface area contributed by atoms with Crippen LogP contribution in [-0.4, -0.2) is 25.4 Å². The molecule has 0 N–H and O–H groups in total. The Labute approximate surface area is 90.7 Å². The third kappa shape index (κ3) is 3.59. The molecule has 0 aromatic heterocycles. The van der Waals surface area contributed by atoms with Crippen LogP contribution >= 0.6 is 0 Å². The van der Waals surface area contributed by atoms with Crippen molar-refractivity contribution in [2.45, 2.75) is 37.9 Å². The highest BCUT2D eigenvalue weighted by atomic mass is 16.5. The standard InChI is InChI=1S/C12H18O3/c1-3-7-14-11(5-1)9-13-10-12-6-2-4-8-15-12/h3-4,7-8,11-12H,1-2,5-6,9-10H2. The minimum Gasteiger partial charge on any atom is -0.496 e. The second-order valence-electron chi connectivity index (χ2n) is 3.95. The van der Waals surface area contributed by atoms with Gasteiger partial charge in [-0.1, -0.05) is 0 Å². The van der Waals surface area contributed by atoms with E-state index >= 15 is 0 Å². The van der Waals surface area contributed by atoms with Gasteiger partial charge in [-0.05, 0) is 37.8 Å². The summed E-state index contributed by atoms with van der Waals surface area (Å²) in [5.74, 6) is 0.